The molecule has 38 heavy (non-hydrogen) atoms. The molecule has 1 unspecified atom stereocenters. The zero-order chi connectivity index (χ0) is 26.9. The van der Waals surface area contributed by atoms with Crippen molar-refractivity contribution in [2.24, 2.45) is 0 Å². The average Bonchev–Trinajstić information content (AvgIpc) is 3.61. The van der Waals surface area contributed by atoms with Crippen LogP contribution < -0.4 is 16.0 Å². The summed E-state index contributed by atoms with van der Waals surface area (Å²) in [6, 6.07) is 17.7. The first kappa shape index (κ1) is 25.4. The number of ketones is 1. The molecule has 1 aliphatic heterocycles. The van der Waals surface area contributed by atoms with Crippen LogP contribution in [0.5, 0.6) is 0 Å². The fourth-order valence-corrected chi connectivity index (χ4v) is 5.09. The van der Waals surface area contributed by atoms with Gasteiger partial charge >= 0.3 is 6.09 Å². The number of fused-ring (bicyclic) bond motifs is 1. The van der Waals surface area contributed by atoms with Gasteiger partial charge in [-0.15, -0.1) is 11.3 Å². The standard InChI is InChI=1S/C27H27N5O5S/c1-27(2,36)15-32-20-9-8-17(28-13-21(33)16-6-4-3-5-7-16)12-18(20)29-25(32)31-24(34)23-11-10-22(38-23)19-14-37-26(35)30-19/h3-12,19,28,36H,13-15H2,1-2H3,(H,30,35)(H,29,31,34). The summed E-state index contributed by atoms with van der Waals surface area (Å²) in [6.45, 7) is 3.89. The van der Waals surface area contributed by atoms with Crippen LogP contribution in [0.3, 0.4) is 0 Å². The summed E-state index contributed by atoms with van der Waals surface area (Å²) in [5.41, 5.74) is 1.58. The number of alkyl carbamates (subject to hydrolysis) is 1. The molecule has 2 aromatic carbocycles. The van der Waals surface area contributed by atoms with Crippen LogP contribution >= 0.6 is 11.3 Å². The van der Waals surface area contributed by atoms with Gasteiger partial charge < -0.3 is 25.0 Å². The predicted octanol–water partition coefficient (Wildman–Crippen LogP) is 4.20. The number of imidazole rings is 1. The third-order valence-corrected chi connectivity index (χ3v) is 7.13. The Morgan fingerprint density at radius 3 is 2.68 bits per heavy atom. The van der Waals surface area contributed by atoms with E-state index in [1.807, 2.05) is 30.3 Å². The van der Waals surface area contributed by atoms with Gasteiger partial charge in [0.1, 0.15) is 12.6 Å². The van der Waals surface area contributed by atoms with Crippen molar-refractivity contribution in [2.75, 3.05) is 23.8 Å². The smallest absolute Gasteiger partial charge is 0.407 e. The number of carbonyl (C=O) groups excluding carboxylic acids is 3. The number of benzene rings is 2. The minimum Gasteiger partial charge on any atom is -0.447 e. The normalized spacial score (nSPS) is 15.2. The van der Waals surface area contributed by atoms with Crippen molar-refractivity contribution >= 4 is 51.8 Å². The third kappa shape index (κ3) is 5.68. The van der Waals surface area contributed by atoms with Gasteiger partial charge in [-0.1, -0.05) is 30.3 Å². The van der Waals surface area contributed by atoms with Crippen LogP contribution in [-0.2, 0) is 11.3 Å². The van der Waals surface area contributed by atoms with Gasteiger partial charge in [0.25, 0.3) is 5.91 Å². The van der Waals surface area contributed by atoms with Crippen LogP contribution in [0.4, 0.5) is 16.4 Å². The maximum atomic E-state index is 13.1. The Labute approximate surface area is 222 Å². The second-order valence-corrected chi connectivity index (χ2v) is 10.7. The number of aromatic nitrogens is 2. The molecule has 0 aliphatic carbocycles. The minimum absolute atomic E-state index is 0.0368. The van der Waals surface area contributed by atoms with E-state index in [0.29, 0.717) is 21.6 Å². The van der Waals surface area contributed by atoms with Crippen LogP contribution in [0.15, 0.2) is 60.7 Å². The molecule has 5 rings (SSSR count). The van der Waals surface area contributed by atoms with Gasteiger partial charge in [0.05, 0.1) is 34.6 Å². The second kappa shape index (κ2) is 10.3. The number of anilines is 2. The van der Waals surface area contributed by atoms with E-state index in [2.05, 4.69) is 20.9 Å². The van der Waals surface area contributed by atoms with E-state index in [-0.39, 0.29) is 43.4 Å². The monoisotopic (exact) mass is 533 g/mol. The first-order valence-electron chi connectivity index (χ1n) is 12.1. The molecule has 0 saturated carbocycles. The molecule has 1 atom stereocenters. The summed E-state index contributed by atoms with van der Waals surface area (Å²) in [7, 11) is 0. The number of hydrogen-bond donors (Lipinski definition) is 4. The number of amides is 2. The van der Waals surface area contributed by atoms with Crippen LogP contribution in [0.25, 0.3) is 11.0 Å². The number of nitrogens with one attached hydrogen (secondary N) is 3. The lowest BCUT2D eigenvalue weighted by Gasteiger charge is -2.20. The highest BCUT2D eigenvalue weighted by molar-refractivity contribution is 7.14. The van der Waals surface area contributed by atoms with Crippen LogP contribution in [0.2, 0.25) is 0 Å². The predicted molar refractivity (Wildman–Crippen MR) is 145 cm³/mol. The summed E-state index contributed by atoms with van der Waals surface area (Å²) >= 11 is 1.26. The topological polar surface area (TPSA) is 135 Å². The van der Waals surface area contributed by atoms with Crippen molar-refractivity contribution in [1.29, 1.82) is 0 Å². The van der Waals surface area contributed by atoms with Gasteiger partial charge in [-0.05, 0) is 44.2 Å². The Morgan fingerprint density at radius 2 is 1.97 bits per heavy atom. The zero-order valence-electron chi connectivity index (χ0n) is 20.9. The molecule has 196 valence electrons. The fourth-order valence-electron chi connectivity index (χ4n) is 4.15. The van der Waals surface area contributed by atoms with Crippen molar-refractivity contribution in [3.8, 4) is 0 Å². The summed E-state index contributed by atoms with van der Waals surface area (Å²) in [6.07, 6.45) is -0.479. The summed E-state index contributed by atoms with van der Waals surface area (Å²) < 4.78 is 6.69. The molecule has 0 bridgehead atoms. The van der Waals surface area contributed by atoms with E-state index < -0.39 is 11.7 Å². The van der Waals surface area contributed by atoms with Crippen LogP contribution in [-0.4, -0.2) is 51.2 Å². The highest BCUT2D eigenvalue weighted by atomic mass is 32.1. The number of cyclic esters (lactones) is 1. The quantitative estimate of drug-likeness (QED) is 0.237. The number of hydrogen-bond acceptors (Lipinski definition) is 8. The summed E-state index contributed by atoms with van der Waals surface area (Å²) in [5, 5.41) is 19.2. The van der Waals surface area contributed by atoms with E-state index in [4.69, 9.17) is 4.74 Å². The molecule has 0 radical (unpaired) electrons. The molecular weight excluding hydrogens is 506 g/mol. The third-order valence-electron chi connectivity index (χ3n) is 5.93. The lowest BCUT2D eigenvalue weighted by Crippen LogP contribution is -2.27. The zero-order valence-corrected chi connectivity index (χ0v) is 21.7. The van der Waals surface area contributed by atoms with E-state index in [1.165, 1.54) is 11.3 Å². The number of rotatable bonds is 9. The molecule has 2 aromatic heterocycles. The molecule has 2 amide bonds. The molecule has 10 nitrogen and oxygen atoms in total. The Hall–Kier alpha value is -4.22. The van der Waals surface area contributed by atoms with Crippen molar-refractivity contribution in [3.63, 3.8) is 0 Å². The van der Waals surface area contributed by atoms with Gasteiger partial charge in [0.15, 0.2) is 5.78 Å². The molecule has 1 fully saturated rings. The molecule has 4 N–H and O–H groups in total. The Kier molecular flexibility index (Phi) is 6.87. The lowest BCUT2D eigenvalue weighted by molar-refractivity contribution is 0.0630. The Morgan fingerprint density at radius 1 is 1.18 bits per heavy atom. The number of nitrogens with zero attached hydrogens (tertiary/aromatic N) is 2. The summed E-state index contributed by atoms with van der Waals surface area (Å²) in [5.74, 6) is -0.104. The molecule has 3 heterocycles. The largest absolute Gasteiger partial charge is 0.447 e. The second-order valence-electron chi connectivity index (χ2n) is 9.63. The molecule has 1 saturated heterocycles. The van der Waals surface area contributed by atoms with Gasteiger partial charge in [-0.3, -0.25) is 14.9 Å². The lowest BCUT2D eigenvalue weighted by atomic mass is 10.1. The minimum atomic E-state index is -1.07. The molecule has 11 heteroatoms. The maximum absolute atomic E-state index is 13.1. The number of ether oxygens (including phenoxy) is 1. The van der Waals surface area contributed by atoms with E-state index in [9.17, 15) is 19.5 Å². The van der Waals surface area contributed by atoms with Crippen molar-refractivity contribution < 1.29 is 24.2 Å². The van der Waals surface area contributed by atoms with Gasteiger partial charge in [-0.25, -0.2) is 9.78 Å². The summed E-state index contributed by atoms with van der Waals surface area (Å²) in [4.78, 5) is 42.8. The first-order valence-corrected chi connectivity index (χ1v) is 12.9. The van der Waals surface area contributed by atoms with Crippen molar-refractivity contribution in [1.82, 2.24) is 14.9 Å². The van der Waals surface area contributed by atoms with Crippen LogP contribution in [0.1, 0.15) is 44.8 Å². The van der Waals surface area contributed by atoms with Gasteiger partial charge in [0.2, 0.25) is 5.95 Å². The fraction of sp³-hybridized carbons (Fsp3) is 0.259. The average molecular weight is 534 g/mol. The highest BCUT2D eigenvalue weighted by Crippen LogP contribution is 2.29. The van der Waals surface area contributed by atoms with Gasteiger partial charge in [0, 0.05) is 16.1 Å². The number of carbonyl (C=O) groups is 3. The van der Waals surface area contributed by atoms with Crippen LogP contribution in [0, 0.1) is 0 Å². The molecule has 0 spiro atoms. The SMILES string of the molecule is CC(C)(O)Cn1c(NC(=O)c2ccc(C3COC(=O)N3)s2)nc2cc(NCC(=O)c3ccccc3)ccc21. The van der Waals surface area contributed by atoms with E-state index in [1.54, 1.807) is 48.7 Å². The first-order chi connectivity index (χ1) is 18.2. The van der Waals surface area contributed by atoms with Crippen molar-refractivity contribution in [3.05, 3.63) is 76.0 Å². The number of aliphatic hydroxyl groups is 1. The van der Waals surface area contributed by atoms with Crippen molar-refractivity contribution in [2.45, 2.75) is 32.0 Å². The van der Waals surface area contributed by atoms with E-state index in [0.717, 1.165) is 10.4 Å². The highest BCUT2D eigenvalue weighted by Gasteiger charge is 2.26. The van der Waals surface area contributed by atoms with Gasteiger partial charge in [-0.2, -0.15) is 0 Å². The van der Waals surface area contributed by atoms with E-state index >= 15 is 0 Å². The Balaban J connectivity index is 1.36. The number of thiophene rings is 1. The molecular formula is C27H27N5O5S. The number of Topliss-reactive ketones (excluding diaryl/α,β-unsaturated/α-hetero) is 1. The maximum Gasteiger partial charge on any atom is 0.407 e. The Bertz CT molecular complexity index is 1510. The molecule has 4 aromatic rings. The molecule has 1 aliphatic rings.